The first-order valence-electron chi connectivity index (χ1n) is 9.02. The lowest BCUT2D eigenvalue weighted by Gasteiger charge is -2.28. The number of aryl methyl sites for hydroxylation is 1. The summed E-state index contributed by atoms with van der Waals surface area (Å²) in [5.74, 6) is 0.179. The van der Waals surface area contributed by atoms with Crippen LogP contribution in [0.15, 0.2) is 51.4 Å². The fraction of sp³-hybridized carbons (Fsp3) is 0.333. The Kier molecular flexibility index (Phi) is 8.51. The largest absolute Gasteiger partial charge is 0.484 e. The van der Waals surface area contributed by atoms with Crippen molar-refractivity contribution in [1.29, 1.82) is 0 Å². The Hall–Kier alpha value is -1.86. The number of hydrogen-bond acceptors (Lipinski definition) is 3. The SMILES string of the molecule is CCNC(=O)[C@@H](C)N(Cc1ccc(Br)cc1)C(=O)COc1ccc(Br)c(C)c1. The van der Waals surface area contributed by atoms with E-state index in [0.717, 1.165) is 20.1 Å². The molecule has 0 saturated carbocycles. The molecule has 2 aromatic carbocycles. The van der Waals surface area contributed by atoms with Crippen LogP contribution in [0.25, 0.3) is 0 Å². The van der Waals surface area contributed by atoms with Gasteiger partial charge in [-0.3, -0.25) is 9.59 Å². The van der Waals surface area contributed by atoms with Gasteiger partial charge in [-0.15, -0.1) is 0 Å². The third kappa shape index (κ3) is 6.34. The van der Waals surface area contributed by atoms with Crippen LogP contribution in [0.2, 0.25) is 0 Å². The molecule has 7 heteroatoms. The Morgan fingerprint density at radius 1 is 1.14 bits per heavy atom. The summed E-state index contributed by atoms with van der Waals surface area (Å²) >= 11 is 6.85. The minimum absolute atomic E-state index is 0.138. The van der Waals surface area contributed by atoms with Crippen molar-refractivity contribution in [3.8, 4) is 5.75 Å². The third-order valence-electron chi connectivity index (χ3n) is 4.28. The molecule has 0 bridgehead atoms. The average Bonchev–Trinajstić information content (AvgIpc) is 2.68. The van der Waals surface area contributed by atoms with E-state index in [1.54, 1.807) is 17.9 Å². The predicted molar refractivity (Wildman–Crippen MR) is 117 cm³/mol. The minimum atomic E-state index is -0.605. The van der Waals surface area contributed by atoms with Gasteiger partial charge in [-0.2, -0.15) is 0 Å². The van der Waals surface area contributed by atoms with Crippen LogP contribution in [-0.4, -0.2) is 35.9 Å². The lowest BCUT2D eigenvalue weighted by atomic mass is 10.1. The highest BCUT2D eigenvalue weighted by atomic mass is 79.9. The maximum atomic E-state index is 12.9. The van der Waals surface area contributed by atoms with Crippen LogP contribution in [0.1, 0.15) is 25.0 Å². The summed E-state index contributed by atoms with van der Waals surface area (Å²) in [6.45, 7) is 6.23. The van der Waals surface area contributed by atoms with Crippen LogP contribution in [0, 0.1) is 6.92 Å². The van der Waals surface area contributed by atoms with Gasteiger partial charge in [0.15, 0.2) is 6.61 Å². The molecule has 150 valence electrons. The topological polar surface area (TPSA) is 58.6 Å². The quantitative estimate of drug-likeness (QED) is 0.569. The summed E-state index contributed by atoms with van der Waals surface area (Å²) in [5.41, 5.74) is 1.96. The number of rotatable bonds is 8. The first-order valence-corrected chi connectivity index (χ1v) is 10.6. The zero-order valence-corrected chi connectivity index (χ0v) is 19.3. The fourth-order valence-corrected chi connectivity index (χ4v) is 3.14. The Morgan fingerprint density at radius 3 is 2.43 bits per heavy atom. The van der Waals surface area contributed by atoms with E-state index in [9.17, 15) is 9.59 Å². The number of halogens is 2. The summed E-state index contributed by atoms with van der Waals surface area (Å²) in [6.07, 6.45) is 0. The Balaban J connectivity index is 2.13. The zero-order valence-electron chi connectivity index (χ0n) is 16.2. The molecular formula is C21H24Br2N2O3. The molecule has 0 spiro atoms. The van der Waals surface area contributed by atoms with Crippen LogP contribution in [0.5, 0.6) is 5.75 Å². The van der Waals surface area contributed by atoms with E-state index in [1.807, 2.05) is 50.2 Å². The van der Waals surface area contributed by atoms with Gasteiger partial charge in [0, 0.05) is 22.0 Å². The molecule has 5 nitrogen and oxygen atoms in total. The summed E-state index contributed by atoms with van der Waals surface area (Å²) in [6, 6.07) is 12.6. The highest BCUT2D eigenvalue weighted by Crippen LogP contribution is 2.22. The number of nitrogens with zero attached hydrogens (tertiary/aromatic N) is 1. The summed E-state index contributed by atoms with van der Waals surface area (Å²) < 4.78 is 7.62. The molecule has 28 heavy (non-hydrogen) atoms. The summed E-state index contributed by atoms with van der Waals surface area (Å²) in [7, 11) is 0. The number of hydrogen-bond donors (Lipinski definition) is 1. The third-order valence-corrected chi connectivity index (χ3v) is 5.69. The Labute approximate surface area is 182 Å². The van der Waals surface area contributed by atoms with Crippen molar-refractivity contribution < 1.29 is 14.3 Å². The Morgan fingerprint density at radius 2 is 1.82 bits per heavy atom. The lowest BCUT2D eigenvalue weighted by Crippen LogP contribution is -2.49. The standard InChI is InChI=1S/C21H24Br2N2O3/c1-4-24-21(27)15(3)25(12-16-5-7-17(22)8-6-16)20(26)13-28-18-9-10-19(23)14(2)11-18/h5-11,15H,4,12-13H2,1-3H3,(H,24,27)/t15-/m1/s1. The molecule has 2 amide bonds. The molecule has 0 radical (unpaired) electrons. The number of ether oxygens (including phenoxy) is 1. The number of nitrogens with one attached hydrogen (secondary N) is 1. The smallest absolute Gasteiger partial charge is 0.261 e. The van der Waals surface area contributed by atoms with E-state index in [1.165, 1.54) is 0 Å². The molecule has 2 rings (SSSR count). The molecule has 1 atom stereocenters. The van der Waals surface area contributed by atoms with Crippen molar-refractivity contribution in [2.75, 3.05) is 13.2 Å². The molecular weight excluding hydrogens is 488 g/mol. The summed E-state index contributed by atoms with van der Waals surface area (Å²) in [4.78, 5) is 26.8. The highest BCUT2D eigenvalue weighted by Gasteiger charge is 2.26. The molecule has 0 heterocycles. The maximum absolute atomic E-state index is 12.9. The van der Waals surface area contributed by atoms with E-state index in [-0.39, 0.29) is 18.4 Å². The van der Waals surface area contributed by atoms with Gasteiger partial charge < -0.3 is 15.0 Å². The highest BCUT2D eigenvalue weighted by molar-refractivity contribution is 9.10. The molecule has 0 fully saturated rings. The maximum Gasteiger partial charge on any atom is 0.261 e. The van der Waals surface area contributed by atoms with Gasteiger partial charge >= 0.3 is 0 Å². The molecule has 0 aromatic heterocycles. The van der Waals surface area contributed by atoms with Gasteiger partial charge in [0.1, 0.15) is 11.8 Å². The normalized spacial score (nSPS) is 11.6. The van der Waals surface area contributed by atoms with Crippen molar-refractivity contribution in [3.05, 3.63) is 62.5 Å². The zero-order chi connectivity index (χ0) is 20.7. The van der Waals surface area contributed by atoms with Gasteiger partial charge in [-0.1, -0.05) is 44.0 Å². The summed E-state index contributed by atoms with van der Waals surface area (Å²) in [5, 5.41) is 2.78. The van der Waals surface area contributed by atoms with Gasteiger partial charge in [0.05, 0.1) is 0 Å². The minimum Gasteiger partial charge on any atom is -0.484 e. The second-order valence-corrected chi connectivity index (χ2v) is 8.19. The van der Waals surface area contributed by atoms with Crippen molar-refractivity contribution in [1.82, 2.24) is 10.2 Å². The Bertz CT molecular complexity index is 825. The van der Waals surface area contributed by atoms with E-state index in [4.69, 9.17) is 4.74 Å². The van der Waals surface area contributed by atoms with Crippen molar-refractivity contribution in [2.45, 2.75) is 33.4 Å². The molecule has 0 aliphatic heterocycles. The molecule has 0 unspecified atom stereocenters. The number of benzene rings is 2. The van der Waals surface area contributed by atoms with Crippen LogP contribution < -0.4 is 10.1 Å². The van der Waals surface area contributed by atoms with Gasteiger partial charge in [-0.25, -0.2) is 0 Å². The lowest BCUT2D eigenvalue weighted by molar-refractivity contribution is -0.142. The van der Waals surface area contributed by atoms with Crippen LogP contribution in [0.4, 0.5) is 0 Å². The van der Waals surface area contributed by atoms with Gasteiger partial charge in [0.2, 0.25) is 5.91 Å². The van der Waals surface area contributed by atoms with Gasteiger partial charge in [-0.05, 0) is 62.2 Å². The predicted octanol–water partition coefficient (Wildman–Crippen LogP) is 4.45. The second kappa shape index (κ2) is 10.6. The van der Waals surface area contributed by atoms with Crippen molar-refractivity contribution in [3.63, 3.8) is 0 Å². The monoisotopic (exact) mass is 510 g/mol. The van der Waals surface area contributed by atoms with Crippen LogP contribution in [0.3, 0.4) is 0 Å². The molecule has 1 N–H and O–H groups in total. The van der Waals surface area contributed by atoms with Crippen molar-refractivity contribution >= 4 is 43.7 Å². The second-order valence-electron chi connectivity index (χ2n) is 6.42. The fourth-order valence-electron chi connectivity index (χ4n) is 2.63. The van der Waals surface area contributed by atoms with Crippen LogP contribution in [-0.2, 0) is 16.1 Å². The molecule has 0 aliphatic carbocycles. The molecule has 0 saturated heterocycles. The van der Waals surface area contributed by atoms with E-state index >= 15 is 0 Å². The first kappa shape index (κ1) is 22.4. The average molecular weight is 512 g/mol. The van der Waals surface area contributed by atoms with E-state index < -0.39 is 6.04 Å². The van der Waals surface area contributed by atoms with E-state index in [2.05, 4.69) is 37.2 Å². The molecule has 0 aliphatic rings. The number of amides is 2. The number of likely N-dealkylation sites (N-methyl/N-ethyl adjacent to an activating group) is 1. The number of carbonyl (C=O) groups excluding carboxylic acids is 2. The van der Waals surface area contributed by atoms with Gasteiger partial charge in [0.25, 0.3) is 5.91 Å². The van der Waals surface area contributed by atoms with E-state index in [0.29, 0.717) is 18.8 Å². The van der Waals surface area contributed by atoms with Crippen LogP contribution >= 0.6 is 31.9 Å². The van der Waals surface area contributed by atoms with Crippen molar-refractivity contribution in [2.24, 2.45) is 0 Å². The number of carbonyl (C=O) groups is 2. The first-order chi connectivity index (χ1) is 13.3. The molecule has 2 aromatic rings.